The number of carbonyl (C=O) groups excluding carboxylic acids is 2. The summed E-state index contributed by atoms with van der Waals surface area (Å²) in [4.78, 5) is 29.6. The lowest BCUT2D eigenvalue weighted by Crippen LogP contribution is -2.50. The number of hydrogen-bond donors (Lipinski definition) is 1. The number of anilines is 2. The Bertz CT molecular complexity index is 953. The van der Waals surface area contributed by atoms with E-state index in [1.54, 1.807) is 12.1 Å². The monoisotopic (exact) mass is 361 g/mol. The molecule has 0 saturated carbocycles. The summed E-state index contributed by atoms with van der Waals surface area (Å²) in [5, 5.41) is 3.01. The number of nitrogens with one attached hydrogen (secondary N) is 1. The number of hydrogen-bond acceptors (Lipinski definition) is 3. The first kappa shape index (κ1) is 16.4. The molecule has 0 bridgehead atoms. The topological polar surface area (TPSA) is 52.7 Å². The fraction of sp³-hybridized carbons (Fsp3) is 0.364. The van der Waals surface area contributed by atoms with E-state index >= 15 is 0 Å². The van der Waals surface area contributed by atoms with E-state index in [-0.39, 0.29) is 18.0 Å². The van der Waals surface area contributed by atoms with E-state index in [2.05, 4.69) is 22.3 Å². The molecule has 1 fully saturated rings. The molecule has 27 heavy (non-hydrogen) atoms. The predicted molar refractivity (Wildman–Crippen MR) is 105 cm³/mol. The van der Waals surface area contributed by atoms with Crippen molar-refractivity contribution < 1.29 is 9.59 Å². The first-order valence-electron chi connectivity index (χ1n) is 9.73. The molecule has 2 aromatic carbocycles. The van der Waals surface area contributed by atoms with Gasteiger partial charge in [-0.1, -0.05) is 6.07 Å². The number of rotatable bonds is 2. The molecule has 5 rings (SSSR count). The van der Waals surface area contributed by atoms with Crippen molar-refractivity contribution in [2.75, 3.05) is 23.8 Å². The zero-order chi connectivity index (χ0) is 18.5. The standard InChI is InChI=1S/C22H23N3O2/c1-24-19-13-16(8-10-18(19)22(27)25-11-3-6-20(24)25)21(26)23-17-9-7-14-4-2-5-15(14)12-17/h7-10,12-13,20H,2-6,11H2,1H3,(H,23,26). The Balaban J connectivity index is 1.42. The number of benzene rings is 2. The van der Waals surface area contributed by atoms with Crippen molar-refractivity contribution in [1.29, 1.82) is 0 Å². The second-order valence-corrected chi connectivity index (χ2v) is 7.76. The van der Waals surface area contributed by atoms with E-state index in [0.29, 0.717) is 11.1 Å². The van der Waals surface area contributed by atoms with Gasteiger partial charge < -0.3 is 15.1 Å². The van der Waals surface area contributed by atoms with Crippen molar-refractivity contribution >= 4 is 23.2 Å². The Kier molecular flexibility index (Phi) is 3.71. The molecule has 1 unspecified atom stereocenters. The second-order valence-electron chi connectivity index (χ2n) is 7.76. The first-order chi connectivity index (χ1) is 13.1. The molecular formula is C22H23N3O2. The van der Waals surface area contributed by atoms with E-state index in [0.717, 1.165) is 43.6 Å². The van der Waals surface area contributed by atoms with Crippen molar-refractivity contribution in [2.24, 2.45) is 0 Å². The van der Waals surface area contributed by atoms with Crippen LogP contribution in [0, 0.1) is 0 Å². The van der Waals surface area contributed by atoms with Crippen LogP contribution in [0.15, 0.2) is 36.4 Å². The van der Waals surface area contributed by atoms with Crippen LogP contribution >= 0.6 is 0 Å². The fourth-order valence-electron chi connectivity index (χ4n) is 4.70. The summed E-state index contributed by atoms with van der Waals surface area (Å²) in [6.07, 6.45) is 5.53. The van der Waals surface area contributed by atoms with Crippen LogP contribution in [0.3, 0.4) is 0 Å². The molecule has 3 aliphatic rings. The zero-order valence-electron chi connectivity index (χ0n) is 15.5. The average molecular weight is 361 g/mol. The summed E-state index contributed by atoms with van der Waals surface area (Å²) < 4.78 is 0. The highest BCUT2D eigenvalue weighted by Crippen LogP contribution is 2.35. The van der Waals surface area contributed by atoms with Crippen molar-refractivity contribution in [1.82, 2.24) is 4.90 Å². The summed E-state index contributed by atoms with van der Waals surface area (Å²) in [5.41, 5.74) is 5.69. The first-order valence-corrected chi connectivity index (χ1v) is 9.73. The third-order valence-electron chi connectivity index (χ3n) is 6.16. The molecule has 0 radical (unpaired) electrons. The smallest absolute Gasteiger partial charge is 0.257 e. The Morgan fingerprint density at radius 3 is 2.81 bits per heavy atom. The Hall–Kier alpha value is -2.82. The molecule has 1 aliphatic carbocycles. The summed E-state index contributed by atoms with van der Waals surface area (Å²) >= 11 is 0. The maximum atomic E-state index is 12.8. The van der Waals surface area contributed by atoms with Crippen LogP contribution in [0.1, 0.15) is 51.1 Å². The van der Waals surface area contributed by atoms with Gasteiger partial charge in [-0.3, -0.25) is 9.59 Å². The van der Waals surface area contributed by atoms with Gasteiger partial charge in [-0.25, -0.2) is 0 Å². The largest absolute Gasteiger partial charge is 0.354 e. The molecule has 1 atom stereocenters. The summed E-state index contributed by atoms with van der Waals surface area (Å²) in [6, 6.07) is 11.6. The minimum absolute atomic E-state index is 0.0798. The van der Waals surface area contributed by atoms with Gasteiger partial charge in [0.15, 0.2) is 0 Å². The van der Waals surface area contributed by atoms with E-state index in [1.165, 1.54) is 17.5 Å². The van der Waals surface area contributed by atoms with E-state index in [4.69, 9.17) is 0 Å². The van der Waals surface area contributed by atoms with E-state index in [1.807, 2.05) is 24.1 Å². The van der Waals surface area contributed by atoms with Crippen LogP contribution in [0.2, 0.25) is 0 Å². The van der Waals surface area contributed by atoms with Crippen LogP contribution in [-0.4, -0.2) is 36.5 Å². The van der Waals surface area contributed by atoms with Gasteiger partial charge in [-0.15, -0.1) is 0 Å². The second kappa shape index (κ2) is 6.12. The lowest BCUT2D eigenvalue weighted by Gasteiger charge is -2.40. The van der Waals surface area contributed by atoms with Crippen LogP contribution < -0.4 is 10.2 Å². The quantitative estimate of drug-likeness (QED) is 0.891. The van der Waals surface area contributed by atoms with Gasteiger partial charge in [-0.2, -0.15) is 0 Å². The van der Waals surface area contributed by atoms with Gasteiger partial charge in [-0.05, 0) is 73.6 Å². The molecule has 5 heteroatoms. The third kappa shape index (κ3) is 2.60. The Labute approximate surface area is 159 Å². The highest BCUT2D eigenvalue weighted by atomic mass is 16.2. The normalized spacial score (nSPS) is 20.3. The molecule has 2 aromatic rings. The minimum Gasteiger partial charge on any atom is -0.354 e. The highest BCUT2D eigenvalue weighted by molar-refractivity contribution is 6.08. The number of amides is 2. The fourth-order valence-corrected chi connectivity index (χ4v) is 4.70. The third-order valence-corrected chi connectivity index (χ3v) is 6.16. The molecule has 2 amide bonds. The summed E-state index contributed by atoms with van der Waals surface area (Å²) in [5.74, 6) is -0.0540. The molecular weight excluding hydrogens is 338 g/mol. The number of carbonyl (C=O) groups is 2. The van der Waals surface area contributed by atoms with Crippen LogP contribution in [0.5, 0.6) is 0 Å². The van der Waals surface area contributed by atoms with Crippen molar-refractivity contribution in [3.05, 3.63) is 58.7 Å². The summed E-state index contributed by atoms with van der Waals surface area (Å²) in [6.45, 7) is 0.813. The van der Waals surface area contributed by atoms with Crippen molar-refractivity contribution in [3.8, 4) is 0 Å². The number of aryl methyl sites for hydroxylation is 2. The Morgan fingerprint density at radius 1 is 1.07 bits per heavy atom. The molecule has 5 nitrogen and oxygen atoms in total. The van der Waals surface area contributed by atoms with Crippen LogP contribution in [0.4, 0.5) is 11.4 Å². The summed E-state index contributed by atoms with van der Waals surface area (Å²) in [7, 11) is 2.01. The van der Waals surface area contributed by atoms with Gasteiger partial charge in [0.05, 0.1) is 11.3 Å². The van der Waals surface area contributed by atoms with E-state index in [9.17, 15) is 9.59 Å². The van der Waals surface area contributed by atoms with E-state index < -0.39 is 0 Å². The van der Waals surface area contributed by atoms with Gasteiger partial charge in [0.1, 0.15) is 6.17 Å². The molecule has 138 valence electrons. The molecule has 0 aromatic heterocycles. The minimum atomic E-state index is -0.134. The molecule has 1 N–H and O–H groups in total. The molecule has 2 heterocycles. The number of fused-ring (bicyclic) bond motifs is 3. The van der Waals surface area contributed by atoms with Gasteiger partial charge in [0.2, 0.25) is 0 Å². The maximum absolute atomic E-state index is 12.8. The molecule has 1 saturated heterocycles. The number of nitrogens with zero attached hydrogens (tertiary/aromatic N) is 2. The zero-order valence-corrected chi connectivity index (χ0v) is 15.5. The van der Waals surface area contributed by atoms with Gasteiger partial charge >= 0.3 is 0 Å². The van der Waals surface area contributed by atoms with Crippen LogP contribution in [0.25, 0.3) is 0 Å². The van der Waals surface area contributed by atoms with Crippen molar-refractivity contribution in [3.63, 3.8) is 0 Å². The molecule has 2 aliphatic heterocycles. The molecule has 0 spiro atoms. The highest BCUT2D eigenvalue weighted by Gasteiger charge is 2.38. The lowest BCUT2D eigenvalue weighted by atomic mass is 10.0. The Morgan fingerprint density at radius 2 is 1.93 bits per heavy atom. The SMILES string of the molecule is CN1c2cc(C(=O)Nc3ccc4c(c3)CCC4)ccc2C(=O)N2CCCC21. The van der Waals surface area contributed by atoms with Gasteiger partial charge in [0, 0.05) is 24.8 Å². The maximum Gasteiger partial charge on any atom is 0.257 e. The lowest BCUT2D eigenvalue weighted by molar-refractivity contribution is 0.0719. The van der Waals surface area contributed by atoms with Crippen molar-refractivity contribution in [2.45, 2.75) is 38.3 Å². The average Bonchev–Trinajstić information content (AvgIpc) is 3.34. The predicted octanol–water partition coefficient (Wildman–Crippen LogP) is 3.44. The van der Waals surface area contributed by atoms with Crippen LogP contribution in [-0.2, 0) is 12.8 Å². The van der Waals surface area contributed by atoms with Gasteiger partial charge in [0.25, 0.3) is 11.8 Å².